The third-order valence-corrected chi connectivity index (χ3v) is 4.19. The van der Waals surface area contributed by atoms with E-state index in [2.05, 4.69) is 5.32 Å². The van der Waals surface area contributed by atoms with Gasteiger partial charge in [0.15, 0.2) is 11.5 Å². The number of fused-ring (bicyclic) bond motifs is 1. The van der Waals surface area contributed by atoms with Crippen molar-refractivity contribution < 1.29 is 28.6 Å². The molecule has 1 aromatic heterocycles. The summed E-state index contributed by atoms with van der Waals surface area (Å²) < 4.78 is 16.4. The second-order valence-corrected chi connectivity index (χ2v) is 6.33. The molecule has 8 heteroatoms. The Hall–Kier alpha value is -2.67. The number of carbonyl (C=O) groups excluding carboxylic acids is 1. The molecule has 0 aliphatic carbocycles. The summed E-state index contributed by atoms with van der Waals surface area (Å²) in [7, 11) is 0. The smallest absolute Gasteiger partial charge is 0.311 e. The minimum absolute atomic E-state index is 0.129. The average Bonchev–Trinajstić information content (AvgIpc) is 2.80. The average molecular weight is 380 g/mol. The van der Waals surface area contributed by atoms with Crippen LogP contribution >= 0.6 is 11.6 Å². The van der Waals surface area contributed by atoms with Crippen LogP contribution in [-0.2, 0) is 17.8 Å². The Morgan fingerprint density at radius 1 is 1.27 bits per heavy atom. The lowest BCUT2D eigenvalue weighted by Gasteiger charge is -2.12. The number of hydrogen-bond acceptors (Lipinski definition) is 5. The van der Waals surface area contributed by atoms with Gasteiger partial charge in [0.05, 0.1) is 30.1 Å². The number of rotatable bonds is 5. The monoisotopic (exact) mass is 379 g/mol. The maximum atomic E-state index is 12.5. The minimum Gasteiger partial charge on any atom is -0.489 e. The zero-order chi connectivity index (χ0) is 18.7. The van der Waals surface area contributed by atoms with Crippen molar-refractivity contribution in [2.75, 3.05) is 13.2 Å². The van der Waals surface area contributed by atoms with Crippen molar-refractivity contribution >= 4 is 23.5 Å². The molecule has 0 atom stereocenters. The van der Waals surface area contributed by atoms with Crippen LogP contribution in [0.5, 0.6) is 11.5 Å². The number of ether oxygens (including phenoxy) is 2. The number of carbonyl (C=O) groups is 2. The van der Waals surface area contributed by atoms with Gasteiger partial charge in [-0.2, -0.15) is 0 Å². The quantitative estimate of drug-likeness (QED) is 0.828. The van der Waals surface area contributed by atoms with E-state index in [-0.39, 0.29) is 24.3 Å². The Bertz CT molecular complexity index is 844. The summed E-state index contributed by atoms with van der Waals surface area (Å²) >= 11 is 6.24. The van der Waals surface area contributed by atoms with Crippen molar-refractivity contribution in [1.82, 2.24) is 5.32 Å². The molecular weight excluding hydrogens is 362 g/mol. The van der Waals surface area contributed by atoms with Crippen LogP contribution in [0, 0.1) is 6.92 Å². The fraction of sp³-hybridized carbons (Fsp3) is 0.333. The summed E-state index contributed by atoms with van der Waals surface area (Å²) in [5, 5.41) is 12.1. The van der Waals surface area contributed by atoms with Gasteiger partial charge < -0.3 is 24.3 Å². The van der Waals surface area contributed by atoms with Crippen LogP contribution in [0.3, 0.4) is 0 Å². The predicted molar refractivity (Wildman–Crippen MR) is 93.0 cm³/mol. The van der Waals surface area contributed by atoms with Crippen LogP contribution in [-0.4, -0.2) is 30.2 Å². The molecule has 3 rings (SSSR count). The highest BCUT2D eigenvalue weighted by Gasteiger charge is 2.21. The second kappa shape index (κ2) is 7.70. The van der Waals surface area contributed by atoms with Crippen molar-refractivity contribution in [2.45, 2.75) is 26.3 Å². The first-order chi connectivity index (χ1) is 12.5. The van der Waals surface area contributed by atoms with E-state index in [9.17, 15) is 9.59 Å². The van der Waals surface area contributed by atoms with E-state index in [1.165, 1.54) is 6.26 Å². The normalized spacial score (nSPS) is 13.2. The zero-order valence-corrected chi connectivity index (χ0v) is 14.9. The first-order valence-electron chi connectivity index (χ1n) is 8.10. The molecule has 0 spiro atoms. The molecular formula is C18H18ClNO6. The highest BCUT2D eigenvalue weighted by molar-refractivity contribution is 6.32. The standard InChI is InChI=1S/C18H18ClNO6/c1-10-9-26-13(7-15(21)22)16(10)18(23)20-8-11-5-12(19)17-14(6-11)24-3-2-4-25-17/h5-6,9H,2-4,7-8H2,1H3,(H,20,23)(H,21,22). The van der Waals surface area contributed by atoms with Gasteiger partial charge in [-0.1, -0.05) is 11.6 Å². The molecule has 26 heavy (non-hydrogen) atoms. The fourth-order valence-corrected chi connectivity index (χ4v) is 3.02. The van der Waals surface area contributed by atoms with Gasteiger partial charge in [-0.15, -0.1) is 0 Å². The van der Waals surface area contributed by atoms with Gasteiger partial charge in [0.2, 0.25) is 0 Å². The SMILES string of the molecule is Cc1coc(CC(=O)O)c1C(=O)NCc1cc(Cl)c2c(c1)OCCCO2. The van der Waals surface area contributed by atoms with Crippen molar-refractivity contribution in [3.05, 3.63) is 45.9 Å². The number of amides is 1. The molecule has 2 aromatic rings. The summed E-state index contributed by atoms with van der Waals surface area (Å²) in [6, 6.07) is 3.48. The van der Waals surface area contributed by atoms with E-state index < -0.39 is 11.9 Å². The lowest BCUT2D eigenvalue weighted by atomic mass is 10.1. The Morgan fingerprint density at radius 3 is 2.81 bits per heavy atom. The maximum Gasteiger partial charge on any atom is 0.311 e. The number of hydrogen-bond donors (Lipinski definition) is 2. The molecule has 138 valence electrons. The van der Waals surface area contributed by atoms with Crippen LogP contribution in [0.25, 0.3) is 0 Å². The van der Waals surface area contributed by atoms with Crippen LogP contribution in [0.4, 0.5) is 0 Å². The molecule has 0 bridgehead atoms. The van der Waals surface area contributed by atoms with Gasteiger partial charge >= 0.3 is 5.97 Å². The van der Waals surface area contributed by atoms with E-state index in [0.717, 1.165) is 12.0 Å². The predicted octanol–water partition coefficient (Wildman–Crippen LogP) is 2.96. The maximum absolute atomic E-state index is 12.5. The topological polar surface area (TPSA) is 98.0 Å². The lowest BCUT2D eigenvalue weighted by Crippen LogP contribution is -2.24. The molecule has 0 saturated heterocycles. The highest BCUT2D eigenvalue weighted by atomic mass is 35.5. The summed E-state index contributed by atoms with van der Waals surface area (Å²) in [6.45, 7) is 2.96. The van der Waals surface area contributed by atoms with Crippen LogP contribution < -0.4 is 14.8 Å². The van der Waals surface area contributed by atoms with E-state index in [1.54, 1.807) is 19.1 Å². The largest absolute Gasteiger partial charge is 0.489 e. The molecule has 1 aliphatic heterocycles. The number of benzene rings is 1. The number of aryl methyl sites for hydroxylation is 1. The van der Waals surface area contributed by atoms with Gasteiger partial charge in [0.25, 0.3) is 5.91 Å². The van der Waals surface area contributed by atoms with Crippen molar-refractivity contribution in [3.8, 4) is 11.5 Å². The third-order valence-electron chi connectivity index (χ3n) is 3.91. The molecule has 2 N–H and O–H groups in total. The Balaban J connectivity index is 1.74. The number of carboxylic acids is 1. The summed E-state index contributed by atoms with van der Waals surface area (Å²) in [6.07, 6.45) is 1.78. The molecule has 1 aliphatic rings. The zero-order valence-electron chi connectivity index (χ0n) is 14.1. The van der Waals surface area contributed by atoms with Crippen LogP contribution in [0.1, 0.15) is 33.7 Å². The number of aliphatic carboxylic acids is 1. The van der Waals surface area contributed by atoms with Crippen molar-refractivity contribution in [1.29, 1.82) is 0 Å². The van der Waals surface area contributed by atoms with Crippen LogP contribution in [0.15, 0.2) is 22.8 Å². The summed E-state index contributed by atoms with van der Waals surface area (Å²) in [5.41, 5.74) is 1.57. The van der Waals surface area contributed by atoms with Gasteiger partial charge in [0.1, 0.15) is 12.2 Å². The fourth-order valence-electron chi connectivity index (χ4n) is 2.73. The van der Waals surface area contributed by atoms with Gasteiger partial charge in [-0.3, -0.25) is 9.59 Å². The number of halogens is 1. The van der Waals surface area contributed by atoms with E-state index in [0.29, 0.717) is 35.3 Å². The van der Waals surface area contributed by atoms with E-state index in [1.807, 2.05) is 0 Å². The molecule has 1 aromatic carbocycles. The Labute approximate surface area is 154 Å². The Kier molecular flexibility index (Phi) is 5.37. The highest BCUT2D eigenvalue weighted by Crippen LogP contribution is 2.38. The molecule has 0 radical (unpaired) electrons. The first-order valence-corrected chi connectivity index (χ1v) is 8.48. The molecule has 2 heterocycles. The minimum atomic E-state index is -1.07. The van der Waals surface area contributed by atoms with Crippen LogP contribution in [0.2, 0.25) is 5.02 Å². The van der Waals surface area contributed by atoms with Crippen molar-refractivity contribution in [2.24, 2.45) is 0 Å². The molecule has 0 saturated carbocycles. The molecule has 7 nitrogen and oxygen atoms in total. The lowest BCUT2D eigenvalue weighted by molar-refractivity contribution is -0.136. The van der Waals surface area contributed by atoms with Gasteiger partial charge in [-0.25, -0.2) is 0 Å². The number of carboxylic acid groups (broad SMARTS) is 1. The van der Waals surface area contributed by atoms with Gasteiger partial charge in [-0.05, 0) is 24.6 Å². The second-order valence-electron chi connectivity index (χ2n) is 5.93. The van der Waals surface area contributed by atoms with E-state index in [4.69, 9.17) is 30.6 Å². The summed E-state index contributed by atoms with van der Waals surface area (Å²) in [4.78, 5) is 23.4. The molecule has 0 fully saturated rings. The molecule has 0 unspecified atom stereocenters. The van der Waals surface area contributed by atoms with Gasteiger partial charge in [0, 0.05) is 18.5 Å². The third kappa shape index (κ3) is 3.94. The number of nitrogens with one attached hydrogen (secondary N) is 1. The van der Waals surface area contributed by atoms with E-state index >= 15 is 0 Å². The van der Waals surface area contributed by atoms with Crippen molar-refractivity contribution in [3.63, 3.8) is 0 Å². The number of furan rings is 1. The Morgan fingerprint density at radius 2 is 2.04 bits per heavy atom. The summed E-state index contributed by atoms with van der Waals surface area (Å²) in [5.74, 6) is -0.290. The first kappa shape index (κ1) is 18.1. The molecule has 1 amide bonds.